The van der Waals surface area contributed by atoms with Crippen LogP contribution in [0.25, 0.3) is 0 Å². The van der Waals surface area contributed by atoms with Crippen molar-refractivity contribution in [3.63, 3.8) is 0 Å². The minimum Gasteiger partial charge on any atom is -0.467 e. The molecule has 0 aliphatic carbocycles. The fourth-order valence-corrected chi connectivity index (χ4v) is 1.97. The fourth-order valence-electron chi connectivity index (χ4n) is 1.97. The van der Waals surface area contributed by atoms with Crippen LogP contribution in [0.4, 0.5) is 9.59 Å². The molecule has 0 saturated heterocycles. The van der Waals surface area contributed by atoms with Crippen molar-refractivity contribution in [1.82, 2.24) is 10.6 Å². The van der Waals surface area contributed by atoms with Gasteiger partial charge < -0.3 is 34.2 Å². The van der Waals surface area contributed by atoms with Crippen molar-refractivity contribution in [3.05, 3.63) is 0 Å². The number of amides is 2. The summed E-state index contributed by atoms with van der Waals surface area (Å²) in [7, 11) is 3.68. The summed E-state index contributed by atoms with van der Waals surface area (Å²) in [6.07, 6.45) is -1.79. The summed E-state index contributed by atoms with van der Waals surface area (Å²) < 4.78 is 27.9. The Bertz CT molecular complexity index is 739. The van der Waals surface area contributed by atoms with Gasteiger partial charge in [0.2, 0.25) is 12.1 Å². The third-order valence-electron chi connectivity index (χ3n) is 3.24. The molecule has 0 unspecified atom stereocenters. The first-order chi connectivity index (χ1) is 17.4. The molecule has 0 atom stereocenters. The molecule has 38 heavy (non-hydrogen) atoms. The lowest BCUT2D eigenvalue weighted by Crippen LogP contribution is -2.49. The molecule has 0 bridgehead atoms. The third-order valence-corrected chi connectivity index (χ3v) is 3.24. The average Bonchev–Trinajstić information content (AvgIpc) is 2.79. The summed E-state index contributed by atoms with van der Waals surface area (Å²) in [5.41, 5.74) is 3.03. The fraction of sp³-hybridized carbons (Fsp3) is 0.739. The molecule has 15 heteroatoms. The van der Waals surface area contributed by atoms with Gasteiger partial charge in [-0.2, -0.15) is 0 Å². The molecule has 0 aromatic heterocycles. The quantitative estimate of drug-likeness (QED) is 0.216. The van der Waals surface area contributed by atoms with Gasteiger partial charge in [-0.15, -0.1) is 0 Å². The topological polar surface area (TPSA) is 208 Å². The Balaban J connectivity index is -0.000000608. The zero-order valence-corrected chi connectivity index (χ0v) is 24.0. The van der Waals surface area contributed by atoms with E-state index in [1.807, 2.05) is 0 Å². The lowest BCUT2D eigenvalue weighted by atomic mass is 10.2. The molecule has 0 rings (SSSR count). The van der Waals surface area contributed by atoms with Crippen molar-refractivity contribution >= 4 is 36.1 Å². The zero-order valence-electron chi connectivity index (χ0n) is 24.0. The van der Waals surface area contributed by atoms with Crippen LogP contribution in [-0.2, 0) is 47.6 Å². The SMILES string of the molecule is CCOC(=O)C(NC(=O)OC(C)(C)C)C(=O)OCC.CN.COC(=O)C(NC(=O)OC(C)(C)C)C(=O)OC. The van der Waals surface area contributed by atoms with Crippen LogP contribution in [0.3, 0.4) is 0 Å². The maximum Gasteiger partial charge on any atom is 0.408 e. The van der Waals surface area contributed by atoms with Gasteiger partial charge in [0.15, 0.2) is 0 Å². The van der Waals surface area contributed by atoms with Gasteiger partial charge in [-0.1, -0.05) is 0 Å². The van der Waals surface area contributed by atoms with Crippen molar-refractivity contribution in [2.75, 3.05) is 34.5 Å². The molecule has 0 aromatic rings. The van der Waals surface area contributed by atoms with Gasteiger partial charge in [-0.05, 0) is 62.4 Å². The van der Waals surface area contributed by atoms with Crippen LogP contribution >= 0.6 is 0 Å². The van der Waals surface area contributed by atoms with E-state index in [1.165, 1.54) is 7.05 Å². The Morgan fingerprint density at radius 3 is 1.08 bits per heavy atom. The highest BCUT2D eigenvalue weighted by molar-refractivity contribution is 6.02. The maximum absolute atomic E-state index is 11.6. The summed E-state index contributed by atoms with van der Waals surface area (Å²) in [5.74, 6) is -3.62. The molecule has 0 radical (unpaired) electrons. The minimum absolute atomic E-state index is 0.0880. The number of carbonyl (C=O) groups is 6. The van der Waals surface area contributed by atoms with Crippen molar-refractivity contribution < 1.29 is 57.2 Å². The number of alkyl carbamates (subject to hydrolysis) is 2. The second-order valence-electron chi connectivity index (χ2n) is 8.71. The average molecular weight is 554 g/mol. The van der Waals surface area contributed by atoms with Crippen LogP contribution in [-0.4, -0.2) is 93.8 Å². The number of methoxy groups -OCH3 is 2. The first-order valence-electron chi connectivity index (χ1n) is 11.5. The molecule has 0 aliphatic rings. The highest BCUT2D eigenvalue weighted by Crippen LogP contribution is 2.08. The lowest BCUT2D eigenvalue weighted by molar-refractivity contribution is -0.158. The van der Waals surface area contributed by atoms with Gasteiger partial charge >= 0.3 is 36.1 Å². The summed E-state index contributed by atoms with van der Waals surface area (Å²) in [4.78, 5) is 68.5. The van der Waals surface area contributed by atoms with E-state index < -0.39 is 59.3 Å². The van der Waals surface area contributed by atoms with Crippen LogP contribution in [0.2, 0.25) is 0 Å². The van der Waals surface area contributed by atoms with Crippen LogP contribution in [0, 0.1) is 0 Å². The molecule has 222 valence electrons. The van der Waals surface area contributed by atoms with Gasteiger partial charge in [-0.25, -0.2) is 28.8 Å². The highest BCUT2D eigenvalue weighted by atomic mass is 16.6. The molecule has 0 aliphatic heterocycles. The molecule has 0 saturated carbocycles. The number of carbonyl (C=O) groups excluding carboxylic acids is 6. The maximum atomic E-state index is 11.6. The minimum atomic E-state index is -1.53. The molecule has 15 nitrogen and oxygen atoms in total. The first-order valence-corrected chi connectivity index (χ1v) is 11.5. The van der Waals surface area contributed by atoms with Gasteiger partial charge in [0.25, 0.3) is 0 Å². The summed E-state index contributed by atoms with van der Waals surface area (Å²) >= 11 is 0. The van der Waals surface area contributed by atoms with Crippen molar-refractivity contribution in [2.45, 2.75) is 78.7 Å². The summed E-state index contributed by atoms with van der Waals surface area (Å²) in [6, 6.07) is -3.05. The van der Waals surface area contributed by atoms with E-state index in [1.54, 1.807) is 55.4 Å². The van der Waals surface area contributed by atoms with E-state index in [2.05, 4.69) is 25.8 Å². The van der Waals surface area contributed by atoms with Gasteiger partial charge in [0, 0.05) is 0 Å². The van der Waals surface area contributed by atoms with E-state index >= 15 is 0 Å². The molecule has 0 fully saturated rings. The Morgan fingerprint density at radius 1 is 0.605 bits per heavy atom. The largest absolute Gasteiger partial charge is 0.467 e. The molecule has 0 aromatic carbocycles. The Kier molecular flexibility index (Phi) is 19.9. The third kappa shape index (κ3) is 19.6. The second-order valence-corrected chi connectivity index (χ2v) is 8.71. The zero-order chi connectivity index (χ0) is 30.7. The van der Waals surface area contributed by atoms with Gasteiger partial charge in [0.05, 0.1) is 27.4 Å². The van der Waals surface area contributed by atoms with Crippen molar-refractivity contribution in [3.8, 4) is 0 Å². The monoisotopic (exact) mass is 553 g/mol. The van der Waals surface area contributed by atoms with Crippen LogP contribution < -0.4 is 16.4 Å². The van der Waals surface area contributed by atoms with E-state index in [-0.39, 0.29) is 13.2 Å². The van der Waals surface area contributed by atoms with Crippen LogP contribution in [0.5, 0.6) is 0 Å². The number of nitrogens with one attached hydrogen (secondary N) is 2. The number of ether oxygens (including phenoxy) is 6. The van der Waals surface area contributed by atoms with Gasteiger partial charge in [0.1, 0.15) is 11.2 Å². The predicted molar refractivity (Wildman–Crippen MR) is 134 cm³/mol. The molecule has 2 amide bonds. The van der Waals surface area contributed by atoms with Gasteiger partial charge in [-0.3, -0.25) is 10.6 Å². The standard InChI is InChI=1S/C12H21NO6.C10H17NO6.CH5N/c1-6-17-9(14)8(10(15)18-7-2)13-11(16)19-12(3,4)5;1-10(2,3)17-9(14)11-6(7(12)15-4)8(13)16-5;1-2/h8H,6-7H2,1-5H3,(H,13,16);6H,1-5H3,(H,11,14);2H2,1H3. The van der Waals surface area contributed by atoms with Crippen LogP contribution in [0.15, 0.2) is 0 Å². The van der Waals surface area contributed by atoms with Crippen LogP contribution in [0.1, 0.15) is 55.4 Å². The smallest absolute Gasteiger partial charge is 0.408 e. The predicted octanol–water partition coefficient (Wildman–Crippen LogP) is 0.807. The Hall–Kier alpha value is -3.62. The second kappa shape index (κ2) is 19.5. The molecule has 0 spiro atoms. The molecule has 0 heterocycles. The summed E-state index contributed by atoms with van der Waals surface area (Å²) in [6.45, 7) is 13.3. The highest BCUT2D eigenvalue weighted by Gasteiger charge is 2.33. The van der Waals surface area contributed by atoms with Crippen molar-refractivity contribution in [1.29, 1.82) is 0 Å². The first kappa shape index (κ1) is 38.9. The van der Waals surface area contributed by atoms with E-state index in [9.17, 15) is 28.8 Å². The van der Waals surface area contributed by atoms with E-state index in [4.69, 9.17) is 18.9 Å². The molecule has 4 N–H and O–H groups in total. The molecular weight excluding hydrogens is 510 g/mol. The number of nitrogens with two attached hydrogens (primary N) is 1. The number of hydrogen-bond acceptors (Lipinski definition) is 13. The summed E-state index contributed by atoms with van der Waals surface area (Å²) in [5, 5.41) is 4.20. The normalized spacial score (nSPS) is 10.4. The Morgan fingerprint density at radius 2 is 0.868 bits per heavy atom. The number of esters is 4. The van der Waals surface area contributed by atoms with E-state index in [0.717, 1.165) is 14.2 Å². The Labute approximate surface area is 223 Å². The number of hydrogen-bond donors (Lipinski definition) is 3. The molecular formula is C23H43N3O12. The number of rotatable bonds is 8. The lowest BCUT2D eigenvalue weighted by Gasteiger charge is -2.22. The van der Waals surface area contributed by atoms with E-state index in [0.29, 0.717) is 0 Å². The van der Waals surface area contributed by atoms with Crippen molar-refractivity contribution in [2.24, 2.45) is 5.73 Å².